The van der Waals surface area contributed by atoms with Crippen molar-refractivity contribution in [3.63, 3.8) is 0 Å². The third-order valence-corrected chi connectivity index (χ3v) is 3.71. The molecule has 0 radical (unpaired) electrons. The summed E-state index contributed by atoms with van der Waals surface area (Å²) in [5.41, 5.74) is 7.44. The molecule has 3 nitrogen and oxygen atoms in total. The molecule has 1 amide bonds. The maximum Gasteiger partial charge on any atom is 0.247 e. The van der Waals surface area contributed by atoms with Gasteiger partial charge in [0, 0.05) is 10.7 Å². The molecule has 0 aromatic heterocycles. The van der Waals surface area contributed by atoms with E-state index >= 15 is 0 Å². The molecule has 102 valence electrons. The number of benzene rings is 2. The second kappa shape index (κ2) is 4.89. The molecule has 1 fully saturated rings. The fourth-order valence-corrected chi connectivity index (χ4v) is 2.54. The number of nitrogens with two attached hydrogens (primary N) is 1. The Morgan fingerprint density at radius 3 is 2.25 bits per heavy atom. The van der Waals surface area contributed by atoms with Gasteiger partial charge in [-0.3, -0.25) is 4.79 Å². The predicted molar refractivity (Wildman–Crippen MR) is 76.1 cm³/mol. The smallest absolute Gasteiger partial charge is 0.247 e. The van der Waals surface area contributed by atoms with Gasteiger partial charge in [-0.15, -0.1) is 0 Å². The van der Waals surface area contributed by atoms with E-state index in [9.17, 15) is 9.18 Å². The van der Waals surface area contributed by atoms with Gasteiger partial charge in [0.25, 0.3) is 0 Å². The monoisotopic (exact) mass is 290 g/mol. The second-order valence-electron chi connectivity index (χ2n) is 4.71. The summed E-state index contributed by atoms with van der Waals surface area (Å²) in [6.07, 6.45) is 0. The number of hydrogen-bond acceptors (Lipinski definition) is 2. The molecule has 1 aliphatic heterocycles. The first-order valence-corrected chi connectivity index (χ1v) is 6.55. The summed E-state index contributed by atoms with van der Waals surface area (Å²) >= 11 is 5.86. The van der Waals surface area contributed by atoms with Crippen molar-refractivity contribution in [1.29, 1.82) is 0 Å². The van der Waals surface area contributed by atoms with Crippen LogP contribution in [0.5, 0.6) is 0 Å². The van der Waals surface area contributed by atoms with E-state index in [0.29, 0.717) is 10.7 Å². The molecular weight excluding hydrogens is 279 g/mol. The van der Waals surface area contributed by atoms with Crippen molar-refractivity contribution in [1.82, 2.24) is 0 Å². The average molecular weight is 291 g/mol. The zero-order valence-electron chi connectivity index (χ0n) is 10.5. The highest BCUT2D eigenvalue weighted by molar-refractivity contribution is 6.30. The minimum atomic E-state index is -0.582. The summed E-state index contributed by atoms with van der Waals surface area (Å²) in [6.45, 7) is 0. The number of carbonyl (C=O) groups excluding carboxylic acids is 1. The summed E-state index contributed by atoms with van der Waals surface area (Å²) in [7, 11) is 0. The normalized spacial score (nSPS) is 21.8. The number of halogens is 2. The van der Waals surface area contributed by atoms with E-state index in [4.69, 9.17) is 17.3 Å². The fraction of sp³-hybridized carbons (Fsp3) is 0.133. The van der Waals surface area contributed by atoms with Crippen molar-refractivity contribution < 1.29 is 9.18 Å². The minimum absolute atomic E-state index is 0.170. The lowest BCUT2D eigenvalue weighted by Gasteiger charge is -2.45. The van der Waals surface area contributed by atoms with Crippen molar-refractivity contribution in [2.45, 2.75) is 12.1 Å². The van der Waals surface area contributed by atoms with Crippen LogP contribution in [0.15, 0.2) is 48.5 Å². The van der Waals surface area contributed by atoms with Crippen LogP contribution in [0.25, 0.3) is 0 Å². The van der Waals surface area contributed by atoms with Crippen molar-refractivity contribution >= 4 is 23.2 Å². The molecule has 0 aliphatic carbocycles. The SMILES string of the molecule is N[C@H]1C(=O)N(c2ccc(F)cc2)[C@H]1c1ccc(Cl)cc1. The van der Waals surface area contributed by atoms with Crippen LogP contribution in [-0.2, 0) is 4.79 Å². The molecule has 2 N–H and O–H groups in total. The van der Waals surface area contributed by atoms with Gasteiger partial charge < -0.3 is 10.6 Å². The standard InChI is InChI=1S/C15H12ClFN2O/c16-10-3-1-9(2-4-10)14-13(18)15(20)19(14)12-7-5-11(17)6-8-12/h1-8,13-14H,18H2/t13-,14+/m1/s1. The molecule has 0 unspecified atom stereocenters. The largest absolute Gasteiger partial charge is 0.318 e. The van der Waals surface area contributed by atoms with Crippen LogP contribution in [0.1, 0.15) is 11.6 Å². The predicted octanol–water partition coefficient (Wildman–Crippen LogP) is 2.89. The van der Waals surface area contributed by atoms with E-state index in [1.165, 1.54) is 12.1 Å². The third kappa shape index (κ3) is 2.07. The van der Waals surface area contributed by atoms with Gasteiger partial charge in [0.15, 0.2) is 0 Å². The van der Waals surface area contributed by atoms with Crippen LogP contribution in [-0.4, -0.2) is 11.9 Å². The summed E-state index contributed by atoms with van der Waals surface area (Å²) in [5.74, 6) is -0.509. The maximum absolute atomic E-state index is 13.0. The molecule has 2 aromatic rings. The van der Waals surface area contributed by atoms with Crippen LogP contribution in [0.4, 0.5) is 10.1 Å². The van der Waals surface area contributed by atoms with Crippen LogP contribution in [0.2, 0.25) is 5.02 Å². The number of amides is 1. The molecule has 3 rings (SSSR count). The lowest BCUT2D eigenvalue weighted by Crippen LogP contribution is -2.63. The minimum Gasteiger partial charge on any atom is -0.318 e. The zero-order chi connectivity index (χ0) is 14.3. The number of hydrogen-bond donors (Lipinski definition) is 1. The molecular formula is C15H12ClFN2O. The van der Waals surface area contributed by atoms with Gasteiger partial charge in [0.2, 0.25) is 5.91 Å². The Morgan fingerprint density at radius 1 is 1.05 bits per heavy atom. The van der Waals surface area contributed by atoms with E-state index in [2.05, 4.69) is 0 Å². The molecule has 0 saturated carbocycles. The molecule has 5 heteroatoms. The van der Waals surface area contributed by atoms with Crippen LogP contribution in [0, 0.1) is 5.82 Å². The van der Waals surface area contributed by atoms with Crippen molar-refractivity contribution in [3.05, 3.63) is 64.9 Å². The quantitative estimate of drug-likeness (QED) is 0.865. The number of β-lactam (4-membered cyclic amide) rings is 1. The van der Waals surface area contributed by atoms with Crippen LogP contribution >= 0.6 is 11.6 Å². The summed E-state index contributed by atoms with van der Waals surface area (Å²) in [4.78, 5) is 13.6. The Hall–Kier alpha value is -1.91. The highest BCUT2D eigenvalue weighted by Crippen LogP contribution is 2.38. The summed E-state index contributed by atoms with van der Waals surface area (Å²) < 4.78 is 13.0. The number of anilines is 1. The van der Waals surface area contributed by atoms with Crippen LogP contribution < -0.4 is 10.6 Å². The molecule has 1 saturated heterocycles. The first kappa shape index (κ1) is 13.1. The Morgan fingerprint density at radius 2 is 1.65 bits per heavy atom. The Balaban J connectivity index is 1.95. The molecule has 2 aromatic carbocycles. The van der Waals surface area contributed by atoms with Gasteiger partial charge >= 0.3 is 0 Å². The van der Waals surface area contributed by atoms with E-state index in [-0.39, 0.29) is 17.8 Å². The maximum atomic E-state index is 13.0. The zero-order valence-corrected chi connectivity index (χ0v) is 11.2. The van der Waals surface area contributed by atoms with Gasteiger partial charge in [-0.25, -0.2) is 4.39 Å². The highest BCUT2D eigenvalue weighted by Gasteiger charge is 2.46. The third-order valence-electron chi connectivity index (χ3n) is 3.46. The molecule has 20 heavy (non-hydrogen) atoms. The second-order valence-corrected chi connectivity index (χ2v) is 5.14. The van der Waals surface area contributed by atoms with Gasteiger partial charge in [-0.1, -0.05) is 23.7 Å². The number of rotatable bonds is 2. The van der Waals surface area contributed by atoms with Crippen LogP contribution in [0.3, 0.4) is 0 Å². The van der Waals surface area contributed by atoms with E-state index < -0.39 is 6.04 Å². The van der Waals surface area contributed by atoms with Crippen molar-refractivity contribution in [2.24, 2.45) is 5.73 Å². The van der Waals surface area contributed by atoms with E-state index in [0.717, 1.165) is 5.56 Å². The lowest BCUT2D eigenvalue weighted by atomic mass is 9.88. The highest BCUT2D eigenvalue weighted by atomic mass is 35.5. The molecule has 0 bridgehead atoms. The summed E-state index contributed by atoms with van der Waals surface area (Å²) in [6, 6.07) is 12.2. The molecule has 2 atom stereocenters. The number of nitrogens with zero attached hydrogens (tertiary/aromatic N) is 1. The van der Waals surface area contributed by atoms with Gasteiger partial charge in [-0.2, -0.15) is 0 Å². The Labute approximate surface area is 120 Å². The van der Waals surface area contributed by atoms with Gasteiger partial charge in [0.1, 0.15) is 11.9 Å². The van der Waals surface area contributed by atoms with Crippen molar-refractivity contribution in [3.8, 4) is 0 Å². The van der Waals surface area contributed by atoms with Gasteiger partial charge in [0.05, 0.1) is 6.04 Å². The summed E-state index contributed by atoms with van der Waals surface area (Å²) in [5, 5.41) is 0.626. The Bertz CT molecular complexity index is 642. The average Bonchev–Trinajstić information content (AvgIpc) is 2.46. The lowest BCUT2D eigenvalue weighted by molar-refractivity contribution is -0.126. The van der Waals surface area contributed by atoms with E-state index in [1.54, 1.807) is 29.2 Å². The molecule has 1 aliphatic rings. The first-order chi connectivity index (χ1) is 9.58. The molecule has 0 spiro atoms. The number of carbonyl (C=O) groups is 1. The Kier molecular flexibility index (Phi) is 3.20. The van der Waals surface area contributed by atoms with Crippen molar-refractivity contribution in [2.75, 3.05) is 4.90 Å². The first-order valence-electron chi connectivity index (χ1n) is 6.17. The van der Waals surface area contributed by atoms with E-state index in [1.807, 2.05) is 12.1 Å². The van der Waals surface area contributed by atoms with Gasteiger partial charge in [-0.05, 0) is 42.0 Å². The molecule has 1 heterocycles. The fourth-order valence-electron chi connectivity index (χ4n) is 2.42. The topological polar surface area (TPSA) is 46.3 Å².